The highest BCUT2D eigenvalue weighted by Gasteiger charge is 2.34. The Morgan fingerprint density at radius 2 is 1.83 bits per heavy atom. The van der Waals surface area contributed by atoms with E-state index >= 15 is 0 Å². The largest absolute Gasteiger partial charge is 0.480 e. The zero-order valence-corrected chi connectivity index (χ0v) is 14.7. The molecule has 10 nitrogen and oxygen atoms in total. The molecule has 0 aromatic heterocycles. The second kappa shape index (κ2) is 11.1. The van der Waals surface area contributed by atoms with Gasteiger partial charge in [-0.15, -0.1) is 0 Å². The number of nitrogens with one attached hydrogen (secondary N) is 1. The zero-order chi connectivity index (χ0) is 18.9. The first kappa shape index (κ1) is 22.5. The zero-order valence-electron chi connectivity index (χ0n) is 12.9. The van der Waals surface area contributed by atoms with Crippen LogP contribution in [0.25, 0.3) is 0 Å². The van der Waals surface area contributed by atoms with Crippen LogP contribution in [0.15, 0.2) is 0 Å². The number of hydrogen-bond donors (Lipinski definition) is 6. The van der Waals surface area contributed by atoms with Crippen LogP contribution in [0, 0.1) is 0 Å². The van der Waals surface area contributed by atoms with Crippen LogP contribution in [0.1, 0.15) is 26.2 Å². The number of thiol groups is 2. The van der Waals surface area contributed by atoms with Crippen molar-refractivity contribution in [2.75, 3.05) is 5.75 Å². The normalized spacial score (nSPS) is 14.3. The molecular formula is C12H21N3O7S2. The van der Waals surface area contributed by atoms with Gasteiger partial charge in [0.15, 0.2) is 6.04 Å². The summed E-state index contributed by atoms with van der Waals surface area (Å²) in [7, 11) is 0. The van der Waals surface area contributed by atoms with E-state index in [4.69, 9.17) is 15.9 Å². The van der Waals surface area contributed by atoms with E-state index < -0.39 is 41.9 Å². The first-order valence-corrected chi connectivity index (χ1v) is 7.95. The molecule has 24 heavy (non-hydrogen) atoms. The molecular weight excluding hydrogens is 362 g/mol. The lowest BCUT2D eigenvalue weighted by Gasteiger charge is -2.28. The summed E-state index contributed by atoms with van der Waals surface area (Å²) in [5.41, 5.74) is 5.28. The molecule has 0 aromatic rings. The molecule has 0 saturated heterocycles. The van der Waals surface area contributed by atoms with Crippen molar-refractivity contribution in [2.24, 2.45) is 5.73 Å². The summed E-state index contributed by atoms with van der Waals surface area (Å²) in [6, 6.07) is -3.65. The number of rotatable bonds is 11. The van der Waals surface area contributed by atoms with Crippen molar-refractivity contribution in [2.45, 2.75) is 44.3 Å². The lowest BCUT2D eigenvalue weighted by atomic mass is 10.1. The van der Waals surface area contributed by atoms with E-state index in [-0.39, 0.29) is 25.0 Å². The van der Waals surface area contributed by atoms with Crippen LogP contribution in [0.2, 0.25) is 0 Å². The van der Waals surface area contributed by atoms with E-state index in [1.165, 1.54) is 6.92 Å². The average molecular weight is 383 g/mol. The predicted octanol–water partition coefficient (Wildman–Crippen LogP) is -0.939. The van der Waals surface area contributed by atoms with Gasteiger partial charge in [0.05, 0.1) is 0 Å². The fourth-order valence-electron chi connectivity index (χ4n) is 1.71. The Balaban J connectivity index is 4.86. The van der Waals surface area contributed by atoms with Gasteiger partial charge in [0, 0.05) is 25.1 Å². The smallest absolute Gasteiger partial charge is 0.329 e. The lowest BCUT2D eigenvalue weighted by molar-refractivity contribution is -0.175. The first-order valence-electron chi connectivity index (χ1n) is 6.95. The molecule has 3 atom stereocenters. The van der Waals surface area contributed by atoms with Crippen LogP contribution in [-0.4, -0.2) is 62.9 Å². The third-order valence-electron chi connectivity index (χ3n) is 3.08. The Morgan fingerprint density at radius 1 is 1.25 bits per heavy atom. The summed E-state index contributed by atoms with van der Waals surface area (Å²) < 4.78 is 4.53. The van der Waals surface area contributed by atoms with E-state index in [1.807, 2.05) is 0 Å². The minimum absolute atomic E-state index is 0.0579. The van der Waals surface area contributed by atoms with Crippen LogP contribution >= 0.6 is 25.5 Å². The lowest BCUT2D eigenvalue weighted by Crippen LogP contribution is -2.53. The Hall–Kier alpha value is -1.50. The number of aliphatic carboxylic acids is 2. The minimum Gasteiger partial charge on any atom is -0.480 e. The van der Waals surface area contributed by atoms with Crippen molar-refractivity contribution in [1.82, 2.24) is 10.4 Å². The first-order chi connectivity index (χ1) is 11.2. The molecule has 0 aliphatic rings. The predicted molar refractivity (Wildman–Crippen MR) is 89.3 cm³/mol. The van der Waals surface area contributed by atoms with Crippen molar-refractivity contribution < 1.29 is 33.7 Å². The van der Waals surface area contributed by atoms with Crippen molar-refractivity contribution in [3.05, 3.63) is 0 Å². The Bertz CT molecular complexity index is 478. The maximum absolute atomic E-state index is 12.3. The number of carboxylic acids is 2. The van der Waals surface area contributed by atoms with Crippen molar-refractivity contribution in [3.8, 4) is 0 Å². The number of nitrogens with zero attached hydrogens (tertiary/aromatic N) is 1. The van der Waals surface area contributed by atoms with Gasteiger partial charge in [0.1, 0.15) is 12.1 Å². The Kier molecular flexibility index (Phi) is 10.4. The second-order valence-electron chi connectivity index (χ2n) is 4.79. The highest BCUT2D eigenvalue weighted by Crippen LogP contribution is 2.11. The molecule has 0 bridgehead atoms. The monoisotopic (exact) mass is 383 g/mol. The summed E-state index contributed by atoms with van der Waals surface area (Å²) in [6.07, 6.45) is -0.278. The van der Waals surface area contributed by atoms with Crippen LogP contribution in [0.5, 0.6) is 0 Å². The number of amides is 2. The molecule has 138 valence electrons. The topological polar surface area (TPSA) is 159 Å². The minimum atomic E-state index is -1.29. The number of carboxylic acid groups (broad SMARTS) is 2. The molecule has 0 heterocycles. The third kappa shape index (κ3) is 6.95. The third-order valence-corrected chi connectivity index (χ3v) is 3.62. The standard InChI is InChI=1S/C12H21N3O7S2/c1-2-8(12(20)21)15(22-24)10(17)7(5-23)14-9(16)4-3-6(13)11(18)19/h6-8,23-24H,2-5,13H2,1H3,(H,14,16)(H,18,19)(H,20,21). The number of nitrogens with two attached hydrogens (primary N) is 1. The maximum atomic E-state index is 12.3. The van der Waals surface area contributed by atoms with Crippen LogP contribution in [0.4, 0.5) is 0 Å². The van der Waals surface area contributed by atoms with E-state index in [1.54, 1.807) is 0 Å². The van der Waals surface area contributed by atoms with Gasteiger partial charge in [-0.3, -0.25) is 14.4 Å². The molecule has 0 rings (SSSR count). The average Bonchev–Trinajstić information content (AvgIpc) is 2.53. The number of carbonyl (C=O) groups excluding carboxylic acids is 2. The van der Waals surface area contributed by atoms with Crippen molar-refractivity contribution >= 4 is 49.3 Å². The van der Waals surface area contributed by atoms with Gasteiger partial charge in [0.2, 0.25) is 5.91 Å². The number of hydrogen-bond acceptors (Lipinski definition) is 8. The molecule has 0 aromatic carbocycles. The summed E-state index contributed by atoms with van der Waals surface area (Å²) in [5.74, 6) is -4.13. The summed E-state index contributed by atoms with van der Waals surface area (Å²) in [4.78, 5) is 45.8. The Morgan fingerprint density at radius 3 is 2.21 bits per heavy atom. The second-order valence-corrected chi connectivity index (χ2v) is 5.32. The van der Waals surface area contributed by atoms with E-state index in [2.05, 4.69) is 35.1 Å². The summed E-state index contributed by atoms with van der Waals surface area (Å²) in [6.45, 7) is 1.54. The number of carbonyl (C=O) groups is 4. The van der Waals surface area contributed by atoms with Crippen LogP contribution in [-0.2, 0) is 23.5 Å². The van der Waals surface area contributed by atoms with Gasteiger partial charge in [-0.05, 0) is 12.8 Å². The van der Waals surface area contributed by atoms with Crippen LogP contribution in [0.3, 0.4) is 0 Å². The number of hydroxylamine groups is 2. The van der Waals surface area contributed by atoms with Gasteiger partial charge >= 0.3 is 11.9 Å². The molecule has 3 unspecified atom stereocenters. The highest BCUT2D eigenvalue weighted by molar-refractivity contribution is 7.80. The fourth-order valence-corrected chi connectivity index (χ4v) is 2.15. The molecule has 12 heteroatoms. The maximum Gasteiger partial charge on any atom is 0.329 e. The van der Waals surface area contributed by atoms with Crippen LogP contribution < -0.4 is 11.1 Å². The molecule has 0 saturated carbocycles. The summed E-state index contributed by atoms with van der Waals surface area (Å²) >= 11 is 7.42. The molecule has 5 N–H and O–H groups in total. The van der Waals surface area contributed by atoms with Gasteiger partial charge in [0.25, 0.3) is 5.91 Å². The van der Waals surface area contributed by atoms with Crippen molar-refractivity contribution in [3.63, 3.8) is 0 Å². The molecule has 0 spiro atoms. The molecule has 0 radical (unpaired) electrons. The Labute approximate surface area is 149 Å². The molecule has 0 aliphatic carbocycles. The van der Waals surface area contributed by atoms with E-state index in [9.17, 15) is 19.2 Å². The summed E-state index contributed by atoms with van der Waals surface area (Å²) in [5, 5.41) is 20.6. The fraction of sp³-hybridized carbons (Fsp3) is 0.667. The van der Waals surface area contributed by atoms with Crippen molar-refractivity contribution in [1.29, 1.82) is 0 Å². The van der Waals surface area contributed by atoms with Gasteiger partial charge in [-0.2, -0.15) is 17.7 Å². The molecule has 2 amide bonds. The van der Waals surface area contributed by atoms with Gasteiger partial charge in [-0.1, -0.05) is 6.92 Å². The molecule has 0 fully saturated rings. The van der Waals surface area contributed by atoms with Gasteiger partial charge in [-0.25, -0.2) is 9.08 Å². The highest BCUT2D eigenvalue weighted by atomic mass is 32.1. The quantitative estimate of drug-likeness (QED) is 0.151. The molecule has 0 aliphatic heterocycles. The van der Waals surface area contributed by atoms with E-state index in [0.717, 1.165) is 0 Å². The van der Waals surface area contributed by atoms with Gasteiger partial charge < -0.3 is 21.3 Å². The SMILES string of the molecule is CCC(C(=O)O)N(OS)C(=O)C(CS)NC(=O)CCC(N)C(=O)O. The van der Waals surface area contributed by atoms with E-state index in [0.29, 0.717) is 5.06 Å².